The molecule has 5 rings (SSSR count). The van der Waals surface area contributed by atoms with Crippen molar-refractivity contribution in [2.75, 3.05) is 0 Å². The van der Waals surface area contributed by atoms with Crippen LogP contribution in [-0.2, 0) is 4.79 Å². The molecule has 2 fully saturated rings. The highest BCUT2D eigenvalue weighted by Gasteiger charge is 2.45. The van der Waals surface area contributed by atoms with Crippen LogP contribution in [0.25, 0.3) is 11.3 Å². The number of carbonyl (C=O) groups is 1. The zero-order valence-corrected chi connectivity index (χ0v) is 16.2. The van der Waals surface area contributed by atoms with Crippen molar-refractivity contribution in [1.29, 1.82) is 5.26 Å². The molecular weight excluding hydrogens is 380 g/mol. The highest BCUT2D eigenvalue weighted by molar-refractivity contribution is 6.12. The van der Waals surface area contributed by atoms with Crippen LogP contribution < -0.4 is 5.43 Å². The van der Waals surface area contributed by atoms with Crippen LogP contribution in [0.3, 0.4) is 0 Å². The number of carbonyl (C=O) groups excluding carboxylic acids is 1. The number of amides is 1. The number of aliphatic imine (C=N–C) groups is 2. The molecule has 8 heteroatoms. The summed E-state index contributed by atoms with van der Waals surface area (Å²) in [7, 11) is 0. The van der Waals surface area contributed by atoms with Crippen molar-refractivity contribution in [3.05, 3.63) is 48.4 Å². The molecule has 2 aromatic rings. The van der Waals surface area contributed by atoms with E-state index >= 15 is 0 Å². The van der Waals surface area contributed by atoms with Gasteiger partial charge in [0.2, 0.25) is 0 Å². The Morgan fingerprint density at radius 2 is 2.03 bits per heavy atom. The quantitative estimate of drug-likeness (QED) is 0.846. The molecule has 3 aliphatic rings. The lowest BCUT2D eigenvalue weighted by molar-refractivity contribution is -0.119. The van der Waals surface area contributed by atoms with Crippen LogP contribution in [0.2, 0.25) is 0 Å². The van der Waals surface area contributed by atoms with E-state index in [1.165, 1.54) is 12.5 Å². The average Bonchev–Trinajstić information content (AvgIpc) is 3.44. The monoisotopic (exact) mass is 400 g/mol. The summed E-state index contributed by atoms with van der Waals surface area (Å²) in [6.07, 6.45) is 8.81. The number of hydrazine groups is 1. The zero-order valence-electron chi connectivity index (χ0n) is 16.2. The number of allylic oxidation sites excluding steroid dienone is 1. The molecule has 1 saturated heterocycles. The molecule has 0 spiro atoms. The fourth-order valence-corrected chi connectivity index (χ4v) is 4.36. The smallest absolute Gasteiger partial charge is 0.262 e. The van der Waals surface area contributed by atoms with Gasteiger partial charge in [0.25, 0.3) is 5.91 Å². The van der Waals surface area contributed by atoms with Crippen molar-refractivity contribution >= 4 is 23.6 Å². The predicted octanol–water partition coefficient (Wildman–Crippen LogP) is 3.39. The number of fused-ring (bicyclic) bond motifs is 1. The normalized spacial score (nSPS) is 26.8. The predicted molar refractivity (Wildman–Crippen MR) is 110 cm³/mol. The number of dihydropyridines is 1. The standard InChI is InChI=1S/C22H20N6O2/c23-13-15-3-1-2-4-18(15)28-19-9-11-24-22(29)20(19)21(26-28)25-16-7-5-14(6-8-16)17-10-12-30-27-17/h5-12,15,18,20H,1-4H2,(H,25,26)/t15-,18?,20?/m1/s1. The van der Waals surface area contributed by atoms with Crippen molar-refractivity contribution < 1.29 is 9.32 Å². The van der Waals surface area contributed by atoms with Gasteiger partial charge in [-0.05, 0) is 31.1 Å². The van der Waals surface area contributed by atoms with Gasteiger partial charge in [-0.3, -0.25) is 15.2 Å². The third kappa shape index (κ3) is 3.18. The largest absolute Gasteiger partial charge is 0.364 e. The highest BCUT2D eigenvalue weighted by atomic mass is 16.5. The maximum absolute atomic E-state index is 12.6. The van der Waals surface area contributed by atoms with Crippen LogP contribution in [0.4, 0.5) is 5.69 Å². The Bertz CT molecular complexity index is 1080. The molecular formula is C22H20N6O2. The topological polar surface area (TPSA) is 107 Å². The fourth-order valence-electron chi connectivity index (χ4n) is 4.36. The van der Waals surface area contributed by atoms with E-state index in [9.17, 15) is 10.1 Å². The molecule has 1 amide bonds. The van der Waals surface area contributed by atoms with Gasteiger partial charge in [-0.1, -0.05) is 30.1 Å². The van der Waals surface area contributed by atoms with E-state index in [0.717, 1.165) is 42.6 Å². The average molecular weight is 400 g/mol. The van der Waals surface area contributed by atoms with Crippen molar-refractivity contribution in [1.82, 2.24) is 15.6 Å². The summed E-state index contributed by atoms with van der Waals surface area (Å²) in [5, 5.41) is 15.5. The van der Waals surface area contributed by atoms with E-state index in [4.69, 9.17) is 9.52 Å². The van der Waals surface area contributed by atoms with Gasteiger partial charge >= 0.3 is 0 Å². The summed E-state index contributed by atoms with van der Waals surface area (Å²) in [5.74, 6) is -0.348. The first-order valence-corrected chi connectivity index (χ1v) is 10.1. The maximum atomic E-state index is 12.6. The van der Waals surface area contributed by atoms with Crippen molar-refractivity contribution in [3.8, 4) is 17.3 Å². The molecule has 2 aliphatic heterocycles. The molecule has 3 atom stereocenters. The second kappa shape index (κ2) is 7.59. The fraction of sp³-hybridized carbons (Fsp3) is 0.318. The maximum Gasteiger partial charge on any atom is 0.262 e. The molecule has 1 N–H and O–H groups in total. The number of aromatic nitrogens is 1. The van der Waals surface area contributed by atoms with Gasteiger partial charge in [0.1, 0.15) is 23.7 Å². The number of nitrogens with one attached hydrogen (secondary N) is 1. The highest BCUT2D eigenvalue weighted by Crippen LogP contribution is 2.36. The lowest BCUT2D eigenvalue weighted by Gasteiger charge is -2.36. The minimum absolute atomic E-state index is 0.0130. The van der Waals surface area contributed by atoms with E-state index in [0.29, 0.717) is 11.5 Å². The molecule has 1 aromatic carbocycles. The van der Waals surface area contributed by atoms with Crippen LogP contribution in [0.5, 0.6) is 0 Å². The summed E-state index contributed by atoms with van der Waals surface area (Å²) >= 11 is 0. The molecule has 150 valence electrons. The second-order valence-electron chi connectivity index (χ2n) is 7.64. The first-order chi connectivity index (χ1) is 14.7. The Morgan fingerprint density at radius 3 is 2.80 bits per heavy atom. The number of amidine groups is 1. The van der Waals surface area contributed by atoms with Gasteiger partial charge in [-0.15, -0.1) is 0 Å². The number of benzene rings is 1. The first kappa shape index (κ1) is 18.3. The van der Waals surface area contributed by atoms with Gasteiger partial charge in [0, 0.05) is 17.8 Å². The molecule has 8 nitrogen and oxygen atoms in total. The minimum Gasteiger partial charge on any atom is -0.364 e. The van der Waals surface area contributed by atoms with Crippen molar-refractivity contribution in [3.63, 3.8) is 0 Å². The number of nitrogens with zero attached hydrogens (tertiary/aromatic N) is 5. The molecule has 1 saturated carbocycles. The Balaban J connectivity index is 1.46. The Labute approximate surface area is 173 Å². The number of hydrogen-bond donors (Lipinski definition) is 1. The Hall–Kier alpha value is -3.73. The van der Waals surface area contributed by atoms with Crippen molar-refractivity contribution in [2.45, 2.75) is 31.7 Å². The second-order valence-corrected chi connectivity index (χ2v) is 7.64. The van der Waals surface area contributed by atoms with E-state index in [1.807, 2.05) is 35.4 Å². The van der Waals surface area contributed by atoms with Crippen LogP contribution >= 0.6 is 0 Å². The van der Waals surface area contributed by atoms with E-state index in [-0.39, 0.29) is 17.9 Å². The number of hydrogen-bond acceptors (Lipinski definition) is 6. The first-order valence-electron chi connectivity index (χ1n) is 10.1. The van der Waals surface area contributed by atoms with Gasteiger partial charge in [0.15, 0.2) is 0 Å². The van der Waals surface area contributed by atoms with Crippen LogP contribution in [-0.4, -0.2) is 34.2 Å². The molecule has 30 heavy (non-hydrogen) atoms. The van der Waals surface area contributed by atoms with Crippen LogP contribution in [0, 0.1) is 23.2 Å². The van der Waals surface area contributed by atoms with E-state index in [2.05, 4.69) is 21.6 Å². The van der Waals surface area contributed by atoms with Gasteiger partial charge in [0.05, 0.1) is 29.4 Å². The number of rotatable bonds is 3. The SMILES string of the molecule is N#C[C@H]1CCCCC1N1NC(=Nc2ccc(-c3ccon3)cc2)C2C(=O)N=CC=C21. The van der Waals surface area contributed by atoms with Gasteiger partial charge in [-0.2, -0.15) is 5.26 Å². The van der Waals surface area contributed by atoms with Crippen LogP contribution in [0.15, 0.2) is 62.9 Å². The summed E-state index contributed by atoms with van der Waals surface area (Å²) in [6, 6.07) is 11.8. The molecule has 0 bridgehead atoms. The zero-order chi connectivity index (χ0) is 20.5. The Morgan fingerprint density at radius 1 is 1.20 bits per heavy atom. The van der Waals surface area contributed by atoms with E-state index < -0.39 is 5.92 Å². The van der Waals surface area contributed by atoms with E-state index in [1.54, 1.807) is 6.07 Å². The summed E-state index contributed by atoms with van der Waals surface area (Å²) in [5.41, 5.74) is 6.53. The lowest BCUT2D eigenvalue weighted by Crippen LogP contribution is -2.46. The lowest BCUT2D eigenvalue weighted by atomic mass is 9.84. The minimum atomic E-state index is -0.563. The van der Waals surface area contributed by atoms with Gasteiger partial charge < -0.3 is 4.52 Å². The summed E-state index contributed by atoms with van der Waals surface area (Å²) in [6.45, 7) is 0. The Kier molecular flexibility index (Phi) is 4.64. The van der Waals surface area contributed by atoms with Crippen LogP contribution in [0.1, 0.15) is 25.7 Å². The third-order valence-corrected chi connectivity index (χ3v) is 5.85. The van der Waals surface area contributed by atoms with Crippen molar-refractivity contribution in [2.24, 2.45) is 21.8 Å². The molecule has 2 unspecified atom stereocenters. The summed E-state index contributed by atoms with van der Waals surface area (Å²) < 4.78 is 4.89. The van der Waals surface area contributed by atoms with Gasteiger partial charge in [-0.25, -0.2) is 9.98 Å². The summed E-state index contributed by atoms with van der Waals surface area (Å²) in [4.78, 5) is 21.3. The third-order valence-electron chi connectivity index (χ3n) is 5.85. The molecule has 1 aliphatic carbocycles. The molecule has 1 aromatic heterocycles. The molecule has 0 radical (unpaired) electrons. The number of nitriles is 1. The molecule has 3 heterocycles.